The van der Waals surface area contributed by atoms with Crippen LogP contribution in [0.15, 0.2) is 12.3 Å². The number of nitrogens with two attached hydrogens (primary N) is 1. The van der Waals surface area contributed by atoms with Gasteiger partial charge in [0, 0.05) is 0 Å². The SMILES string of the molecule is CCc1nnc(C)cc1C(=O)Nc1[nH]ncc1C(N)=S. The van der Waals surface area contributed by atoms with Gasteiger partial charge in [-0.05, 0) is 19.4 Å². The maximum absolute atomic E-state index is 12.3. The standard InChI is InChI=1S/C12H14N6OS/c1-3-9-7(4-6(2)16-17-9)12(19)15-11-8(10(13)20)5-14-18-11/h4-5H,3H2,1-2H3,(H2,13,20)(H2,14,15,18,19). The van der Waals surface area contributed by atoms with Gasteiger partial charge in [0.15, 0.2) is 0 Å². The molecule has 0 aliphatic heterocycles. The highest BCUT2D eigenvalue weighted by Crippen LogP contribution is 2.14. The Morgan fingerprint density at radius 1 is 1.45 bits per heavy atom. The van der Waals surface area contributed by atoms with Crippen molar-refractivity contribution in [2.24, 2.45) is 5.73 Å². The van der Waals surface area contributed by atoms with Crippen LogP contribution in [0.25, 0.3) is 0 Å². The van der Waals surface area contributed by atoms with E-state index in [2.05, 4.69) is 25.7 Å². The van der Waals surface area contributed by atoms with Crippen LogP contribution in [0.4, 0.5) is 5.82 Å². The van der Waals surface area contributed by atoms with Gasteiger partial charge in [-0.15, -0.1) is 0 Å². The van der Waals surface area contributed by atoms with E-state index in [0.29, 0.717) is 34.8 Å². The largest absolute Gasteiger partial charge is 0.389 e. The third kappa shape index (κ3) is 2.80. The van der Waals surface area contributed by atoms with E-state index in [1.165, 1.54) is 6.20 Å². The Labute approximate surface area is 121 Å². The third-order valence-electron chi connectivity index (χ3n) is 2.72. The first kappa shape index (κ1) is 14.1. The van der Waals surface area contributed by atoms with Crippen LogP contribution in [0.1, 0.15) is 34.2 Å². The summed E-state index contributed by atoms with van der Waals surface area (Å²) in [7, 11) is 0. The topological polar surface area (TPSA) is 110 Å². The van der Waals surface area contributed by atoms with E-state index in [-0.39, 0.29) is 10.9 Å². The van der Waals surface area contributed by atoms with E-state index in [9.17, 15) is 4.79 Å². The van der Waals surface area contributed by atoms with Crippen LogP contribution in [-0.2, 0) is 6.42 Å². The van der Waals surface area contributed by atoms with Crippen molar-refractivity contribution >= 4 is 28.9 Å². The predicted molar refractivity (Wildman–Crippen MR) is 78.6 cm³/mol. The van der Waals surface area contributed by atoms with E-state index < -0.39 is 0 Å². The Bertz CT molecular complexity index is 666. The summed E-state index contributed by atoms with van der Waals surface area (Å²) in [6.07, 6.45) is 2.08. The lowest BCUT2D eigenvalue weighted by Crippen LogP contribution is -2.19. The number of rotatable bonds is 4. The van der Waals surface area contributed by atoms with Gasteiger partial charge in [-0.2, -0.15) is 15.3 Å². The molecule has 2 rings (SSSR count). The van der Waals surface area contributed by atoms with Crippen molar-refractivity contribution in [2.45, 2.75) is 20.3 Å². The Hall–Kier alpha value is -2.35. The van der Waals surface area contributed by atoms with Gasteiger partial charge in [0.1, 0.15) is 10.8 Å². The number of hydrogen-bond donors (Lipinski definition) is 3. The molecule has 0 saturated heterocycles. The maximum atomic E-state index is 12.3. The zero-order chi connectivity index (χ0) is 14.7. The van der Waals surface area contributed by atoms with Crippen molar-refractivity contribution < 1.29 is 4.79 Å². The third-order valence-corrected chi connectivity index (χ3v) is 2.94. The lowest BCUT2D eigenvalue weighted by Gasteiger charge is -2.08. The Kier molecular flexibility index (Phi) is 4.04. The molecule has 0 aliphatic carbocycles. The molecule has 104 valence electrons. The number of amides is 1. The average molecular weight is 290 g/mol. The van der Waals surface area contributed by atoms with Gasteiger partial charge in [-0.25, -0.2) is 0 Å². The number of carbonyl (C=O) groups excluding carboxylic acids is 1. The monoisotopic (exact) mass is 290 g/mol. The second-order valence-corrected chi connectivity index (χ2v) is 4.62. The summed E-state index contributed by atoms with van der Waals surface area (Å²) < 4.78 is 0. The fourth-order valence-corrected chi connectivity index (χ4v) is 1.88. The van der Waals surface area contributed by atoms with Crippen LogP contribution in [-0.4, -0.2) is 31.3 Å². The van der Waals surface area contributed by atoms with E-state index in [1.807, 2.05) is 6.92 Å². The molecule has 0 aromatic carbocycles. The van der Waals surface area contributed by atoms with Gasteiger partial charge < -0.3 is 11.1 Å². The van der Waals surface area contributed by atoms with Crippen molar-refractivity contribution in [3.63, 3.8) is 0 Å². The molecule has 8 heteroatoms. The molecule has 0 saturated carbocycles. The summed E-state index contributed by atoms with van der Waals surface area (Å²) in [6, 6.07) is 1.69. The van der Waals surface area contributed by atoms with E-state index in [0.717, 1.165) is 0 Å². The molecule has 4 N–H and O–H groups in total. The normalized spacial score (nSPS) is 10.3. The molecule has 0 fully saturated rings. The summed E-state index contributed by atoms with van der Waals surface area (Å²) in [5.74, 6) is 0.0700. The zero-order valence-electron chi connectivity index (χ0n) is 11.1. The van der Waals surface area contributed by atoms with Gasteiger partial charge in [-0.3, -0.25) is 9.89 Å². The predicted octanol–water partition coefficient (Wildman–Crippen LogP) is 0.957. The lowest BCUT2D eigenvalue weighted by atomic mass is 10.1. The van der Waals surface area contributed by atoms with E-state index in [1.54, 1.807) is 13.0 Å². The van der Waals surface area contributed by atoms with Crippen molar-refractivity contribution in [2.75, 3.05) is 5.32 Å². The molecule has 0 aliphatic rings. The summed E-state index contributed by atoms with van der Waals surface area (Å²) in [6.45, 7) is 3.69. The van der Waals surface area contributed by atoms with Crippen molar-refractivity contribution in [1.82, 2.24) is 20.4 Å². The molecule has 7 nitrogen and oxygen atoms in total. The Balaban J connectivity index is 2.30. The second kappa shape index (κ2) is 5.74. The fourth-order valence-electron chi connectivity index (χ4n) is 1.72. The van der Waals surface area contributed by atoms with Gasteiger partial charge in [-0.1, -0.05) is 19.1 Å². The number of anilines is 1. The summed E-state index contributed by atoms with van der Waals surface area (Å²) >= 11 is 4.89. The molecule has 2 aromatic heterocycles. The molecule has 0 bridgehead atoms. The van der Waals surface area contributed by atoms with Crippen LogP contribution < -0.4 is 11.1 Å². The first-order valence-corrected chi connectivity index (χ1v) is 6.41. The molecule has 0 spiro atoms. The van der Waals surface area contributed by atoms with Crippen LogP contribution in [0, 0.1) is 6.92 Å². The number of carbonyl (C=O) groups is 1. The van der Waals surface area contributed by atoms with Crippen molar-refractivity contribution in [1.29, 1.82) is 0 Å². The minimum atomic E-state index is -0.304. The number of hydrogen-bond acceptors (Lipinski definition) is 5. The Morgan fingerprint density at radius 3 is 2.85 bits per heavy atom. The Morgan fingerprint density at radius 2 is 2.20 bits per heavy atom. The van der Waals surface area contributed by atoms with Crippen LogP contribution in [0.2, 0.25) is 0 Å². The number of thiocarbonyl (C=S) groups is 1. The summed E-state index contributed by atoms with van der Waals surface area (Å²) in [5.41, 5.74) is 7.82. The van der Waals surface area contributed by atoms with Gasteiger partial charge >= 0.3 is 0 Å². The van der Waals surface area contributed by atoms with Gasteiger partial charge in [0.25, 0.3) is 5.91 Å². The average Bonchev–Trinajstić information content (AvgIpc) is 2.87. The lowest BCUT2D eigenvalue weighted by molar-refractivity contribution is 0.102. The summed E-state index contributed by atoms with van der Waals surface area (Å²) in [4.78, 5) is 12.5. The van der Waals surface area contributed by atoms with Crippen LogP contribution >= 0.6 is 12.2 Å². The number of nitrogens with one attached hydrogen (secondary N) is 2. The van der Waals surface area contributed by atoms with E-state index >= 15 is 0 Å². The van der Waals surface area contributed by atoms with Crippen LogP contribution in [0.3, 0.4) is 0 Å². The fraction of sp³-hybridized carbons (Fsp3) is 0.250. The molecule has 0 unspecified atom stereocenters. The number of aryl methyl sites for hydroxylation is 2. The molecule has 2 aromatic rings. The highest BCUT2D eigenvalue weighted by Gasteiger charge is 2.16. The highest BCUT2D eigenvalue weighted by molar-refractivity contribution is 7.80. The summed E-state index contributed by atoms with van der Waals surface area (Å²) in [5, 5.41) is 17.1. The van der Waals surface area contributed by atoms with Crippen LogP contribution in [0.5, 0.6) is 0 Å². The van der Waals surface area contributed by atoms with Crippen molar-refractivity contribution in [3.8, 4) is 0 Å². The number of aromatic amines is 1. The molecular weight excluding hydrogens is 276 g/mol. The smallest absolute Gasteiger partial charge is 0.258 e. The number of H-pyrrole nitrogens is 1. The van der Waals surface area contributed by atoms with Gasteiger partial charge in [0.2, 0.25) is 0 Å². The zero-order valence-corrected chi connectivity index (χ0v) is 11.9. The van der Waals surface area contributed by atoms with Gasteiger partial charge in [0.05, 0.1) is 28.7 Å². The number of nitrogens with zero attached hydrogens (tertiary/aromatic N) is 3. The first-order valence-electron chi connectivity index (χ1n) is 6.00. The molecule has 0 atom stereocenters. The molecule has 1 amide bonds. The van der Waals surface area contributed by atoms with Crippen molar-refractivity contribution in [3.05, 3.63) is 34.8 Å². The minimum Gasteiger partial charge on any atom is -0.389 e. The maximum Gasteiger partial charge on any atom is 0.258 e. The highest BCUT2D eigenvalue weighted by atomic mass is 32.1. The van der Waals surface area contributed by atoms with E-state index in [4.69, 9.17) is 18.0 Å². The molecule has 2 heterocycles. The molecule has 20 heavy (non-hydrogen) atoms. The minimum absolute atomic E-state index is 0.161. The second-order valence-electron chi connectivity index (χ2n) is 4.18. The number of aromatic nitrogens is 4. The quantitative estimate of drug-likeness (QED) is 0.723. The molecular formula is C12H14N6OS. The first-order chi connectivity index (χ1) is 9.52. The molecule has 0 radical (unpaired) electrons.